The maximum Gasteiger partial charge on any atom is 0.251 e. The Balaban J connectivity index is 1.88. The third-order valence-corrected chi connectivity index (χ3v) is 4.22. The SMILES string of the molecule is CCN1CCN(c2cc(C(=O)NCCCN(C)C)ccn2)CC1. The summed E-state index contributed by atoms with van der Waals surface area (Å²) in [6, 6.07) is 3.69. The molecule has 0 saturated carbocycles. The lowest BCUT2D eigenvalue weighted by molar-refractivity contribution is 0.0952. The molecule has 1 aliphatic rings. The molecule has 1 aliphatic heterocycles. The fourth-order valence-electron chi connectivity index (χ4n) is 2.73. The number of anilines is 1. The molecule has 0 atom stereocenters. The maximum absolute atomic E-state index is 12.2. The predicted molar refractivity (Wildman–Crippen MR) is 94.1 cm³/mol. The number of hydrogen-bond acceptors (Lipinski definition) is 5. The average Bonchev–Trinajstić information content (AvgIpc) is 2.58. The van der Waals surface area contributed by atoms with Crippen molar-refractivity contribution in [3.8, 4) is 0 Å². The van der Waals surface area contributed by atoms with E-state index in [1.165, 1.54) is 0 Å². The van der Waals surface area contributed by atoms with E-state index in [0.717, 1.165) is 51.5 Å². The first kappa shape index (κ1) is 17.7. The number of amides is 1. The molecule has 1 amide bonds. The Morgan fingerprint density at radius 3 is 2.70 bits per heavy atom. The van der Waals surface area contributed by atoms with Gasteiger partial charge >= 0.3 is 0 Å². The number of aromatic nitrogens is 1. The summed E-state index contributed by atoms with van der Waals surface area (Å²) in [5.74, 6) is 0.890. The third kappa shape index (κ3) is 5.48. The van der Waals surface area contributed by atoms with Crippen LogP contribution in [0.5, 0.6) is 0 Å². The van der Waals surface area contributed by atoms with E-state index in [9.17, 15) is 4.79 Å². The third-order valence-electron chi connectivity index (χ3n) is 4.22. The van der Waals surface area contributed by atoms with Crippen LogP contribution in [-0.4, -0.2) is 80.6 Å². The molecule has 1 saturated heterocycles. The lowest BCUT2D eigenvalue weighted by atomic mass is 10.2. The zero-order valence-corrected chi connectivity index (χ0v) is 14.6. The maximum atomic E-state index is 12.2. The Labute approximate surface area is 139 Å². The van der Waals surface area contributed by atoms with E-state index in [2.05, 4.69) is 31.9 Å². The van der Waals surface area contributed by atoms with E-state index < -0.39 is 0 Å². The van der Waals surface area contributed by atoms with Crippen molar-refractivity contribution in [1.82, 2.24) is 20.1 Å². The van der Waals surface area contributed by atoms with Crippen molar-refractivity contribution in [3.05, 3.63) is 23.9 Å². The van der Waals surface area contributed by atoms with Crippen LogP contribution in [-0.2, 0) is 0 Å². The van der Waals surface area contributed by atoms with Gasteiger partial charge in [-0.2, -0.15) is 0 Å². The molecule has 0 radical (unpaired) electrons. The van der Waals surface area contributed by atoms with Crippen molar-refractivity contribution in [3.63, 3.8) is 0 Å². The molecule has 0 bridgehead atoms. The van der Waals surface area contributed by atoms with Gasteiger partial charge in [-0.3, -0.25) is 4.79 Å². The zero-order chi connectivity index (χ0) is 16.7. The van der Waals surface area contributed by atoms with E-state index >= 15 is 0 Å². The van der Waals surface area contributed by atoms with Gasteiger partial charge in [0.2, 0.25) is 0 Å². The fraction of sp³-hybridized carbons (Fsp3) is 0.647. The van der Waals surface area contributed by atoms with Crippen LogP contribution in [0, 0.1) is 0 Å². The summed E-state index contributed by atoms with van der Waals surface area (Å²) in [5, 5.41) is 2.98. The number of carbonyl (C=O) groups is 1. The fourth-order valence-corrected chi connectivity index (χ4v) is 2.73. The van der Waals surface area contributed by atoms with Crippen LogP contribution in [0.3, 0.4) is 0 Å². The van der Waals surface area contributed by atoms with E-state index in [0.29, 0.717) is 12.1 Å². The molecule has 1 N–H and O–H groups in total. The van der Waals surface area contributed by atoms with Gasteiger partial charge in [-0.25, -0.2) is 4.98 Å². The average molecular weight is 319 g/mol. The highest BCUT2D eigenvalue weighted by Gasteiger charge is 2.17. The molecule has 2 heterocycles. The lowest BCUT2D eigenvalue weighted by Crippen LogP contribution is -2.46. The van der Waals surface area contributed by atoms with Crippen molar-refractivity contribution in [2.45, 2.75) is 13.3 Å². The van der Waals surface area contributed by atoms with Crippen molar-refractivity contribution in [2.24, 2.45) is 0 Å². The van der Waals surface area contributed by atoms with Crippen LogP contribution >= 0.6 is 0 Å². The Kier molecular flexibility index (Phi) is 6.80. The molecule has 1 aromatic rings. The van der Waals surface area contributed by atoms with E-state index in [1.54, 1.807) is 12.3 Å². The molecule has 0 aromatic carbocycles. The van der Waals surface area contributed by atoms with E-state index in [-0.39, 0.29) is 5.91 Å². The minimum Gasteiger partial charge on any atom is -0.354 e. The van der Waals surface area contributed by atoms with Gasteiger partial charge < -0.3 is 20.0 Å². The molecule has 1 fully saturated rings. The molecule has 2 rings (SSSR count). The molecule has 0 aliphatic carbocycles. The molecule has 6 nitrogen and oxygen atoms in total. The Morgan fingerprint density at radius 2 is 2.04 bits per heavy atom. The molecule has 23 heavy (non-hydrogen) atoms. The molecule has 0 unspecified atom stereocenters. The van der Waals surface area contributed by atoms with Crippen molar-refractivity contribution in [2.75, 3.05) is 64.8 Å². The summed E-state index contributed by atoms with van der Waals surface area (Å²) in [5.41, 5.74) is 0.692. The minimum atomic E-state index is -0.0143. The number of carbonyl (C=O) groups excluding carboxylic acids is 1. The first-order valence-electron chi connectivity index (χ1n) is 8.46. The van der Waals surface area contributed by atoms with Crippen LogP contribution in [0.15, 0.2) is 18.3 Å². The number of piperazine rings is 1. The zero-order valence-electron chi connectivity index (χ0n) is 14.6. The quantitative estimate of drug-likeness (QED) is 0.757. The summed E-state index contributed by atoms with van der Waals surface area (Å²) in [7, 11) is 4.07. The highest BCUT2D eigenvalue weighted by Crippen LogP contribution is 2.15. The first-order valence-corrected chi connectivity index (χ1v) is 8.46. The smallest absolute Gasteiger partial charge is 0.251 e. The normalized spacial score (nSPS) is 15.9. The molecule has 0 spiro atoms. The van der Waals surface area contributed by atoms with Gasteiger partial charge in [0.25, 0.3) is 5.91 Å². The summed E-state index contributed by atoms with van der Waals surface area (Å²) in [6.45, 7) is 9.00. The molecule has 1 aromatic heterocycles. The van der Waals surface area contributed by atoms with Gasteiger partial charge in [-0.1, -0.05) is 6.92 Å². The second-order valence-electron chi connectivity index (χ2n) is 6.24. The number of rotatable bonds is 7. The van der Waals surface area contributed by atoms with E-state index in [1.807, 2.05) is 20.2 Å². The van der Waals surface area contributed by atoms with Gasteiger partial charge in [0.15, 0.2) is 0 Å². The molecule has 128 valence electrons. The van der Waals surface area contributed by atoms with E-state index in [4.69, 9.17) is 0 Å². The van der Waals surface area contributed by atoms with Crippen LogP contribution < -0.4 is 10.2 Å². The first-order chi connectivity index (χ1) is 11.1. The number of nitrogens with one attached hydrogen (secondary N) is 1. The van der Waals surface area contributed by atoms with Crippen molar-refractivity contribution >= 4 is 11.7 Å². The second kappa shape index (κ2) is 8.84. The number of hydrogen-bond donors (Lipinski definition) is 1. The molecule has 6 heteroatoms. The monoisotopic (exact) mass is 319 g/mol. The standard InChI is InChI=1S/C17H29N5O/c1-4-21-10-12-22(13-11-21)16-14-15(6-8-18-16)17(23)19-7-5-9-20(2)3/h6,8,14H,4-5,7,9-13H2,1-3H3,(H,19,23). The number of nitrogens with zero attached hydrogens (tertiary/aromatic N) is 4. The summed E-state index contributed by atoms with van der Waals surface area (Å²) in [4.78, 5) is 23.5. The second-order valence-corrected chi connectivity index (χ2v) is 6.24. The predicted octanol–water partition coefficient (Wildman–Crippen LogP) is 0.905. The van der Waals surface area contributed by atoms with Gasteiger partial charge in [0.05, 0.1) is 0 Å². The molecular formula is C17H29N5O. The topological polar surface area (TPSA) is 51.7 Å². The van der Waals surface area contributed by atoms with Crippen LogP contribution in [0.25, 0.3) is 0 Å². The number of pyridine rings is 1. The van der Waals surface area contributed by atoms with Crippen molar-refractivity contribution < 1.29 is 4.79 Å². The van der Waals surface area contributed by atoms with Crippen LogP contribution in [0.2, 0.25) is 0 Å². The van der Waals surface area contributed by atoms with Crippen molar-refractivity contribution in [1.29, 1.82) is 0 Å². The van der Waals surface area contributed by atoms with Gasteiger partial charge in [-0.15, -0.1) is 0 Å². The van der Waals surface area contributed by atoms with Crippen LogP contribution in [0.4, 0.5) is 5.82 Å². The Hall–Kier alpha value is -1.66. The van der Waals surface area contributed by atoms with Gasteiger partial charge in [-0.05, 0) is 45.7 Å². The van der Waals surface area contributed by atoms with Gasteiger partial charge in [0.1, 0.15) is 5.82 Å². The highest BCUT2D eigenvalue weighted by molar-refractivity contribution is 5.94. The Morgan fingerprint density at radius 1 is 1.30 bits per heavy atom. The number of likely N-dealkylation sites (N-methyl/N-ethyl adjacent to an activating group) is 1. The minimum absolute atomic E-state index is 0.0143. The highest BCUT2D eigenvalue weighted by atomic mass is 16.1. The molecular weight excluding hydrogens is 290 g/mol. The summed E-state index contributed by atoms with van der Waals surface area (Å²) >= 11 is 0. The van der Waals surface area contributed by atoms with Crippen LogP contribution in [0.1, 0.15) is 23.7 Å². The Bertz CT molecular complexity index is 498. The largest absolute Gasteiger partial charge is 0.354 e. The van der Waals surface area contributed by atoms with Gasteiger partial charge in [0, 0.05) is 44.5 Å². The lowest BCUT2D eigenvalue weighted by Gasteiger charge is -2.34. The summed E-state index contributed by atoms with van der Waals surface area (Å²) < 4.78 is 0. The summed E-state index contributed by atoms with van der Waals surface area (Å²) in [6.07, 6.45) is 2.69.